The molecule has 38 heavy (non-hydrogen) atoms. The fourth-order valence-corrected chi connectivity index (χ4v) is 7.30. The molecule has 0 saturated heterocycles. The van der Waals surface area contributed by atoms with Crippen molar-refractivity contribution in [1.82, 2.24) is 0 Å². The standard InChI is InChI=1S/C37H28N/c1-23-26-14-6-7-15-27(26)36-34-28-16-8-10-18-30(28)35(31-19-11-9-17-29(31)34)37(36)33(23)32-21-20-25(22-38(32)2)24-12-4-3-5-13-24/h3-22,34-35H,1-2H3/q+1. The first-order valence-electron chi connectivity index (χ1n) is 13.5. The Morgan fingerprint density at radius 2 is 1.03 bits per heavy atom. The molecule has 6 aromatic rings. The van der Waals surface area contributed by atoms with Gasteiger partial charge in [-0.05, 0) is 68.3 Å². The Hall–Kier alpha value is -4.49. The highest BCUT2D eigenvalue weighted by Gasteiger charge is 2.44. The van der Waals surface area contributed by atoms with Crippen molar-refractivity contribution in [2.45, 2.75) is 18.8 Å². The molecule has 1 heteroatoms. The van der Waals surface area contributed by atoms with Gasteiger partial charge in [0.25, 0.3) is 0 Å². The lowest BCUT2D eigenvalue weighted by Gasteiger charge is -2.44. The molecule has 0 spiro atoms. The van der Waals surface area contributed by atoms with E-state index < -0.39 is 0 Å². The fourth-order valence-electron chi connectivity index (χ4n) is 7.30. The van der Waals surface area contributed by atoms with Gasteiger partial charge in [-0.25, -0.2) is 4.57 Å². The van der Waals surface area contributed by atoms with Gasteiger partial charge in [0.15, 0.2) is 6.20 Å². The molecule has 9 rings (SSSR count). The van der Waals surface area contributed by atoms with Gasteiger partial charge in [0.05, 0.1) is 5.56 Å². The summed E-state index contributed by atoms with van der Waals surface area (Å²) in [6.07, 6.45) is 2.29. The van der Waals surface area contributed by atoms with Crippen molar-refractivity contribution < 1.29 is 4.57 Å². The van der Waals surface area contributed by atoms with Crippen LogP contribution >= 0.6 is 0 Å². The first-order valence-corrected chi connectivity index (χ1v) is 13.5. The van der Waals surface area contributed by atoms with Crippen molar-refractivity contribution in [3.05, 3.63) is 160 Å². The lowest BCUT2D eigenvalue weighted by Crippen LogP contribution is -2.34. The van der Waals surface area contributed by atoms with E-state index in [0.29, 0.717) is 0 Å². The Morgan fingerprint density at radius 3 is 1.63 bits per heavy atom. The smallest absolute Gasteiger partial charge is 0.200 e. The van der Waals surface area contributed by atoms with Crippen LogP contribution in [0.2, 0.25) is 0 Å². The van der Waals surface area contributed by atoms with E-state index in [9.17, 15) is 0 Å². The van der Waals surface area contributed by atoms with Crippen LogP contribution in [0.25, 0.3) is 33.2 Å². The average molecular weight is 487 g/mol. The van der Waals surface area contributed by atoms with Gasteiger partial charge < -0.3 is 0 Å². The summed E-state index contributed by atoms with van der Waals surface area (Å²) in [6.45, 7) is 2.32. The summed E-state index contributed by atoms with van der Waals surface area (Å²) in [5, 5.41) is 2.75. The molecule has 2 bridgehead atoms. The zero-order valence-corrected chi connectivity index (χ0v) is 21.6. The largest absolute Gasteiger partial charge is 0.212 e. The molecular formula is C37H28N+. The monoisotopic (exact) mass is 486 g/mol. The van der Waals surface area contributed by atoms with Crippen molar-refractivity contribution in [3.8, 4) is 22.4 Å². The Bertz CT molecular complexity index is 1850. The van der Waals surface area contributed by atoms with Gasteiger partial charge in [0.2, 0.25) is 5.69 Å². The minimum absolute atomic E-state index is 0.231. The topological polar surface area (TPSA) is 3.88 Å². The molecule has 3 aliphatic rings. The Balaban J connectivity index is 1.48. The third-order valence-corrected chi connectivity index (χ3v) is 8.87. The molecule has 180 valence electrons. The van der Waals surface area contributed by atoms with E-state index in [-0.39, 0.29) is 11.8 Å². The van der Waals surface area contributed by atoms with E-state index >= 15 is 0 Å². The van der Waals surface area contributed by atoms with E-state index in [0.717, 1.165) is 0 Å². The summed E-state index contributed by atoms with van der Waals surface area (Å²) in [7, 11) is 2.20. The van der Waals surface area contributed by atoms with Gasteiger partial charge in [0, 0.05) is 23.5 Å². The summed E-state index contributed by atoms with van der Waals surface area (Å²) in [5.41, 5.74) is 15.3. The van der Waals surface area contributed by atoms with Crippen molar-refractivity contribution in [2.24, 2.45) is 7.05 Å². The number of fused-ring (bicyclic) bond motifs is 1. The predicted octanol–water partition coefficient (Wildman–Crippen LogP) is 8.29. The molecule has 0 N–H and O–H groups in total. The van der Waals surface area contributed by atoms with E-state index in [4.69, 9.17) is 0 Å². The lowest BCUT2D eigenvalue weighted by molar-refractivity contribution is -0.659. The third-order valence-electron chi connectivity index (χ3n) is 8.87. The summed E-state index contributed by atoms with van der Waals surface area (Å²) >= 11 is 0. The highest BCUT2D eigenvalue weighted by atomic mass is 14.9. The van der Waals surface area contributed by atoms with E-state index in [1.165, 1.54) is 72.1 Å². The van der Waals surface area contributed by atoms with Crippen molar-refractivity contribution in [3.63, 3.8) is 0 Å². The minimum Gasteiger partial charge on any atom is -0.200 e. The number of pyridine rings is 1. The Kier molecular flexibility index (Phi) is 4.54. The second-order valence-electron chi connectivity index (χ2n) is 10.8. The van der Waals surface area contributed by atoms with Crippen LogP contribution in [0.15, 0.2) is 121 Å². The zero-order chi connectivity index (χ0) is 25.4. The number of hydrogen-bond acceptors (Lipinski definition) is 0. The van der Waals surface area contributed by atoms with Crippen molar-refractivity contribution >= 4 is 10.8 Å². The van der Waals surface area contributed by atoms with Gasteiger partial charge in [0.1, 0.15) is 7.05 Å². The molecule has 1 heterocycles. The fraction of sp³-hybridized carbons (Fsp3) is 0.108. The predicted molar refractivity (Wildman–Crippen MR) is 156 cm³/mol. The normalized spacial score (nSPS) is 16.7. The van der Waals surface area contributed by atoms with Crippen LogP contribution in [0.1, 0.15) is 50.8 Å². The third kappa shape index (κ3) is 2.85. The molecule has 5 aromatic carbocycles. The molecule has 1 nitrogen and oxygen atoms in total. The first-order chi connectivity index (χ1) is 18.7. The SMILES string of the molecule is Cc1c(-c2ccc(-c3ccccc3)c[n+]2C)c2c(c3ccccc13)C1c3ccccc3C2c2ccccc21. The Labute approximate surface area is 223 Å². The molecule has 0 fully saturated rings. The zero-order valence-electron chi connectivity index (χ0n) is 21.6. The molecule has 0 amide bonds. The van der Waals surface area contributed by atoms with Gasteiger partial charge >= 0.3 is 0 Å². The molecular weight excluding hydrogens is 458 g/mol. The highest BCUT2D eigenvalue weighted by Crippen LogP contribution is 2.59. The van der Waals surface area contributed by atoms with E-state index in [1.807, 2.05) is 0 Å². The van der Waals surface area contributed by atoms with Crippen molar-refractivity contribution in [2.75, 3.05) is 0 Å². The summed E-state index contributed by atoms with van der Waals surface area (Å²) in [5.74, 6) is 0.482. The average Bonchev–Trinajstić information content (AvgIpc) is 2.98. The molecule has 3 aliphatic carbocycles. The van der Waals surface area contributed by atoms with E-state index in [2.05, 4.69) is 140 Å². The van der Waals surface area contributed by atoms with Crippen LogP contribution in [-0.2, 0) is 7.05 Å². The first kappa shape index (κ1) is 21.6. The number of aryl methyl sites for hydroxylation is 2. The summed E-state index contributed by atoms with van der Waals surface area (Å²) < 4.78 is 2.33. The Morgan fingerprint density at radius 1 is 0.500 bits per heavy atom. The van der Waals surface area contributed by atoms with Crippen LogP contribution in [0.5, 0.6) is 0 Å². The molecule has 0 unspecified atom stereocenters. The summed E-state index contributed by atoms with van der Waals surface area (Å²) in [4.78, 5) is 0. The number of aromatic nitrogens is 1. The number of benzene rings is 5. The van der Waals surface area contributed by atoms with Crippen LogP contribution in [0.4, 0.5) is 0 Å². The number of hydrogen-bond donors (Lipinski definition) is 0. The van der Waals surface area contributed by atoms with Crippen LogP contribution in [0.3, 0.4) is 0 Å². The number of nitrogens with zero attached hydrogens (tertiary/aromatic N) is 1. The second-order valence-corrected chi connectivity index (χ2v) is 10.8. The van der Waals surface area contributed by atoms with E-state index in [1.54, 1.807) is 0 Å². The van der Waals surface area contributed by atoms with Crippen LogP contribution < -0.4 is 4.57 Å². The van der Waals surface area contributed by atoms with Crippen LogP contribution in [-0.4, -0.2) is 0 Å². The quantitative estimate of drug-likeness (QED) is 0.216. The highest BCUT2D eigenvalue weighted by molar-refractivity contribution is 5.99. The van der Waals surface area contributed by atoms with Gasteiger partial charge in [-0.15, -0.1) is 0 Å². The maximum atomic E-state index is 2.36. The second kappa shape index (κ2) is 8.00. The lowest BCUT2D eigenvalue weighted by atomic mass is 9.58. The minimum atomic E-state index is 0.231. The maximum Gasteiger partial charge on any atom is 0.212 e. The molecule has 0 aliphatic heterocycles. The molecule has 0 atom stereocenters. The summed E-state index contributed by atoms with van der Waals surface area (Å²) in [6, 6.07) is 42.6. The number of rotatable bonds is 2. The maximum absolute atomic E-state index is 2.36. The molecule has 1 aromatic heterocycles. The molecule has 0 saturated carbocycles. The van der Waals surface area contributed by atoms with Gasteiger partial charge in [-0.1, -0.05) is 103 Å². The van der Waals surface area contributed by atoms with Gasteiger partial charge in [-0.2, -0.15) is 0 Å². The van der Waals surface area contributed by atoms with Gasteiger partial charge in [-0.3, -0.25) is 0 Å². The molecule has 0 radical (unpaired) electrons. The van der Waals surface area contributed by atoms with Crippen molar-refractivity contribution in [1.29, 1.82) is 0 Å². The van der Waals surface area contributed by atoms with Crippen LogP contribution in [0, 0.1) is 6.92 Å².